The number of carboxylic acid groups (broad SMARTS) is 1. The highest BCUT2D eigenvalue weighted by atomic mass is 16.4. The smallest absolute Gasteiger partial charge is 0.304 e. The molecule has 0 aliphatic rings. The third kappa shape index (κ3) is 11.3. The van der Waals surface area contributed by atoms with Gasteiger partial charge in [0.15, 0.2) is 0 Å². The second kappa shape index (κ2) is 15.2. The zero-order valence-electron chi connectivity index (χ0n) is 15.9. The van der Waals surface area contributed by atoms with Gasteiger partial charge in [-0.3, -0.25) is 9.59 Å². The van der Waals surface area contributed by atoms with Crippen LogP contribution in [0.4, 0.5) is 0 Å². The molecule has 0 aromatic carbocycles. The second-order valence-electron chi connectivity index (χ2n) is 6.38. The maximum atomic E-state index is 12.4. The number of carbonyl (C=O) groups excluding carboxylic acids is 1. The number of hydrogen-bond acceptors (Lipinski definition) is 2. The van der Waals surface area contributed by atoms with Gasteiger partial charge in [0.2, 0.25) is 5.91 Å². The summed E-state index contributed by atoms with van der Waals surface area (Å²) in [7, 11) is 0. The minimum Gasteiger partial charge on any atom is -0.481 e. The van der Waals surface area contributed by atoms with Crippen LogP contribution in [0.15, 0.2) is 12.2 Å². The maximum Gasteiger partial charge on any atom is 0.304 e. The number of hydrogen-bond donors (Lipinski definition) is 1. The zero-order chi connectivity index (χ0) is 18.2. The lowest BCUT2D eigenvalue weighted by atomic mass is 9.95. The summed E-state index contributed by atoms with van der Waals surface area (Å²) in [4.78, 5) is 25.2. The summed E-state index contributed by atoms with van der Waals surface area (Å²) < 4.78 is 0. The van der Waals surface area contributed by atoms with E-state index in [4.69, 9.17) is 5.11 Å². The Morgan fingerprint density at radius 1 is 0.917 bits per heavy atom. The lowest BCUT2D eigenvalue weighted by Crippen LogP contribution is -2.36. The SMILES string of the molecule is CC/C=C/CCCCCCCCC(CC(=O)O)C(=O)N(CC)CC. The van der Waals surface area contributed by atoms with Gasteiger partial charge in [-0.15, -0.1) is 0 Å². The van der Waals surface area contributed by atoms with Crippen molar-refractivity contribution in [1.82, 2.24) is 4.90 Å². The first kappa shape index (κ1) is 22.7. The predicted molar refractivity (Wildman–Crippen MR) is 100 cm³/mol. The summed E-state index contributed by atoms with van der Waals surface area (Å²) in [5.74, 6) is -1.23. The van der Waals surface area contributed by atoms with Gasteiger partial charge in [0.25, 0.3) is 0 Å². The van der Waals surface area contributed by atoms with Crippen molar-refractivity contribution in [1.29, 1.82) is 0 Å². The molecular formula is C20H37NO3. The Morgan fingerprint density at radius 3 is 2.04 bits per heavy atom. The van der Waals surface area contributed by atoms with E-state index in [2.05, 4.69) is 19.1 Å². The normalized spacial score (nSPS) is 12.5. The van der Waals surface area contributed by atoms with Crippen molar-refractivity contribution >= 4 is 11.9 Å². The van der Waals surface area contributed by atoms with Crippen LogP contribution in [0.2, 0.25) is 0 Å². The summed E-state index contributed by atoms with van der Waals surface area (Å²) in [6.07, 6.45) is 14.4. The maximum absolute atomic E-state index is 12.4. The molecule has 0 aromatic heterocycles. The van der Waals surface area contributed by atoms with Gasteiger partial charge in [-0.2, -0.15) is 0 Å². The van der Waals surface area contributed by atoms with Crippen LogP contribution >= 0.6 is 0 Å². The van der Waals surface area contributed by atoms with Crippen LogP contribution in [-0.2, 0) is 9.59 Å². The first-order chi connectivity index (χ1) is 11.6. The lowest BCUT2D eigenvalue weighted by Gasteiger charge is -2.24. The van der Waals surface area contributed by atoms with E-state index < -0.39 is 5.97 Å². The minimum atomic E-state index is -0.874. The van der Waals surface area contributed by atoms with Gasteiger partial charge in [-0.25, -0.2) is 0 Å². The number of allylic oxidation sites excluding steroid dienone is 2. The molecule has 0 spiro atoms. The molecule has 0 rings (SSSR count). The number of nitrogens with zero attached hydrogens (tertiary/aromatic N) is 1. The number of amides is 1. The molecule has 1 atom stereocenters. The van der Waals surface area contributed by atoms with Crippen molar-refractivity contribution in [3.05, 3.63) is 12.2 Å². The third-order valence-electron chi connectivity index (χ3n) is 4.42. The molecule has 0 aliphatic heterocycles. The molecule has 4 heteroatoms. The molecule has 0 aliphatic carbocycles. The van der Waals surface area contributed by atoms with E-state index in [1.54, 1.807) is 4.90 Å². The van der Waals surface area contributed by atoms with E-state index in [-0.39, 0.29) is 18.2 Å². The van der Waals surface area contributed by atoms with Crippen LogP contribution in [0.5, 0.6) is 0 Å². The second-order valence-corrected chi connectivity index (χ2v) is 6.38. The molecule has 24 heavy (non-hydrogen) atoms. The highest BCUT2D eigenvalue weighted by Gasteiger charge is 2.24. The van der Waals surface area contributed by atoms with Crippen LogP contribution in [0, 0.1) is 5.92 Å². The Balaban J connectivity index is 3.96. The number of rotatable bonds is 15. The molecule has 1 amide bonds. The van der Waals surface area contributed by atoms with Crippen molar-refractivity contribution in [3.63, 3.8) is 0 Å². The Bertz CT molecular complexity index is 362. The number of carboxylic acids is 1. The van der Waals surface area contributed by atoms with Crippen molar-refractivity contribution in [3.8, 4) is 0 Å². The van der Waals surface area contributed by atoms with Crippen LogP contribution in [-0.4, -0.2) is 35.0 Å². The van der Waals surface area contributed by atoms with Gasteiger partial charge in [0, 0.05) is 19.0 Å². The van der Waals surface area contributed by atoms with Crippen LogP contribution in [0.1, 0.15) is 85.0 Å². The average molecular weight is 340 g/mol. The standard InChI is InChI=1S/C20H37NO3/c1-4-7-8-9-10-11-12-13-14-15-16-18(17-19(22)23)20(24)21(5-2)6-3/h7-8,18H,4-6,9-17H2,1-3H3,(H,22,23)/b8-7+. The topological polar surface area (TPSA) is 57.6 Å². The average Bonchev–Trinajstić information content (AvgIpc) is 2.56. The molecule has 0 heterocycles. The third-order valence-corrected chi connectivity index (χ3v) is 4.42. The Hall–Kier alpha value is -1.32. The number of aliphatic carboxylic acids is 1. The van der Waals surface area contributed by atoms with E-state index in [1.807, 2.05) is 13.8 Å². The Kier molecular flexibility index (Phi) is 14.4. The van der Waals surface area contributed by atoms with E-state index in [0.717, 1.165) is 19.3 Å². The predicted octanol–water partition coefficient (Wildman–Crippen LogP) is 5.03. The molecule has 140 valence electrons. The summed E-state index contributed by atoms with van der Waals surface area (Å²) in [6, 6.07) is 0. The number of carbonyl (C=O) groups is 2. The summed E-state index contributed by atoms with van der Waals surface area (Å²) in [5, 5.41) is 9.05. The van der Waals surface area contributed by atoms with Gasteiger partial charge in [-0.1, -0.05) is 51.2 Å². The minimum absolute atomic E-state index is 0.00473. The molecule has 0 aromatic rings. The van der Waals surface area contributed by atoms with Gasteiger partial charge in [0.05, 0.1) is 6.42 Å². The Morgan fingerprint density at radius 2 is 1.50 bits per heavy atom. The highest BCUT2D eigenvalue weighted by Crippen LogP contribution is 2.18. The van der Waals surface area contributed by atoms with E-state index in [1.165, 1.54) is 32.1 Å². The molecule has 0 saturated heterocycles. The largest absolute Gasteiger partial charge is 0.481 e. The molecule has 1 N–H and O–H groups in total. The fraction of sp³-hybridized carbons (Fsp3) is 0.800. The fourth-order valence-corrected chi connectivity index (χ4v) is 2.96. The van der Waals surface area contributed by atoms with E-state index in [9.17, 15) is 9.59 Å². The monoisotopic (exact) mass is 339 g/mol. The molecule has 0 fully saturated rings. The first-order valence-corrected chi connectivity index (χ1v) is 9.72. The van der Waals surface area contributed by atoms with E-state index in [0.29, 0.717) is 19.5 Å². The molecular weight excluding hydrogens is 302 g/mol. The molecule has 4 nitrogen and oxygen atoms in total. The van der Waals surface area contributed by atoms with Gasteiger partial charge >= 0.3 is 5.97 Å². The van der Waals surface area contributed by atoms with Crippen LogP contribution in [0.3, 0.4) is 0 Å². The quantitative estimate of drug-likeness (QED) is 0.336. The zero-order valence-corrected chi connectivity index (χ0v) is 15.9. The highest BCUT2D eigenvalue weighted by molar-refractivity contribution is 5.83. The first-order valence-electron chi connectivity index (χ1n) is 9.72. The van der Waals surface area contributed by atoms with Crippen molar-refractivity contribution < 1.29 is 14.7 Å². The molecule has 1 unspecified atom stereocenters. The van der Waals surface area contributed by atoms with Gasteiger partial charge in [0.1, 0.15) is 0 Å². The summed E-state index contributed by atoms with van der Waals surface area (Å²) in [6.45, 7) is 7.33. The van der Waals surface area contributed by atoms with Gasteiger partial charge in [-0.05, 0) is 39.5 Å². The fourth-order valence-electron chi connectivity index (χ4n) is 2.96. The van der Waals surface area contributed by atoms with Gasteiger partial charge < -0.3 is 10.0 Å². The number of unbranched alkanes of at least 4 members (excludes halogenated alkanes) is 6. The molecule has 0 saturated carbocycles. The van der Waals surface area contributed by atoms with Crippen molar-refractivity contribution in [2.75, 3.05) is 13.1 Å². The van der Waals surface area contributed by atoms with E-state index >= 15 is 0 Å². The summed E-state index contributed by atoms with van der Waals surface area (Å²) in [5.41, 5.74) is 0. The van der Waals surface area contributed by atoms with Crippen LogP contribution < -0.4 is 0 Å². The van der Waals surface area contributed by atoms with Crippen molar-refractivity contribution in [2.45, 2.75) is 85.0 Å². The molecule has 0 radical (unpaired) electrons. The summed E-state index contributed by atoms with van der Waals surface area (Å²) >= 11 is 0. The van der Waals surface area contributed by atoms with Crippen molar-refractivity contribution in [2.24, 2.45) is 5.92 Å². The molecule has 0 bridgehead atoms. The van der Waals surface area contributed by atoms with Crippen LogP contribution in [0.25, 0.3) is 0 Å². The Labute approximate surface area is 148 Å². The lowest BCUT2D eigenvalue weighted by molar-refractivity contribution is -0.144.